The predicted octanol–water partition coefficient (Wildman–Crippen LogP) is 1.98. The monoisotopic (exact) mass is 233 g/mol. The van der Waals surface area contributed by atoms with Crippen LogP contribution in [0.1, 0.15) is 27.2 Å². The fourth-order valence-corrected chi connectivity index (χ4v) is 1.73. The van der Waals surface area contributed by atoms with E-state index in [9.17, 15) is 9.18 Å². The molecule has 1 rings (SSSR count). The SMILES string of the molecule is CO[C@@H]1C[C@H](CF)N(C(=O)OC(C)(C)C)C1. The van der Waals surface area contributed by atoms with Gasteiger partial charge in [-0.25, -0.2) is 9.18 Å². The molecule has 0 radical (unpaired) electrons. The maximum Gasteiger partial charge on any atom is 0.410 e. The maximum absolute atomic E-state index is 12.7. The quantitative estimate of drug-likeness (QED) is 0.732. The Hall–Kier alpha value is -0.840. The Morgan fingerprint density at radius 1 is 1.50 bits per heavy atom. The van der Waals surface area contributed by atoms with Crippen molar-refractivity contribution in [2.45, 2.75) is 44.9 Å². The molecule has 4 nitrogen and oxygen atoms in total. The number of hydrogen-bond donors (Lipinski definition) is 0. The molecule has 1 aliphatic heterocycles. The van der Waals surface area contributed by atoms with Crippen LogP contribution in [0.3, 0.4) is 0 Å². The van der Waals surface area contributed by atoms with Gasteiger partial charge in [-0.15, -0.1) is 0 Å². The molecule has 0 bridgehead atoms. The normalized spacial score (nSPS) is 25.9. The van der Waals surface area contributed by atoms with Crippen molar-refractivity contribution < 1.29 is 18.7 Å². The van der Waals surface area contributed by atoms with Crippen LogP contribution >= 0.6 is 0 Å². The highest BCUT2D eigenvalue weighted by molar-refractivity contribution is 5.69. The van der Waals surface area contributed by atoms with Crippen LogP contribution in [0.15, 0.2) is 0 Å². The number of halogens is 1. The standard InChI is InChI=1S/C11H20FNO3/c1-11(2,3)16-10(14)13-7-9(15-4)5-8(13)6-12/h8-9H,5-7H2,1-4H3/t8-,9-/m1/s1. The lowest BCUT2D eigenvalue weighted by Gasteiger charge is -2.27. The van der Waals surface area contributed by atoms with Crippen molar-refractivity contribution in [3.63, 3.8) is 0 Å². The lowest BCUT2D eigenvalue weighted by molar-refractivity contribution is 0.0181. The molecule has 0 N–H and O–H groups in total. The summed E-state index contributed by atoms with van der Waals surface area (Å²) in [5, 5.41) is 0. The van der Waals surface area contributed by atoms with Crippen molar-refractivity contribution in [2.24, 2.45) is 0 Å². The van der Waals surface area contributed by atoms with Crippen LogP contribution in [0.2, 0.25) is 0 Å². The van der Waals surface area contributed by atoms with Crippen LogP contribution < -0.4 is 0 Å². The highest BCUT2D eigenvalue weighted by atomic mass is 19.1. The summed E-state index contributed by atoms with van der Waals surface area (Å²) in [5.41, 5.74) is -0.552. The van der Waals surface area contributed by atoms with E-state index in [1.807, 2.05) is 0 Å². The fourth-order valence-electron chi connectivity index (χ4n) is 1.73. The van der Waals surface area contributed by atoms with E-state index in [1.54, 1.807) is 27.9 Å². The Bertz CT molecular complexity index is 252. The van der Waals surface area contributed by atoms with Crippen molar-refractivity contribution >= 4 is 6.09 Å². The van der Waals surface area contributed by atoms with Crippen molar-refractivity contribution in [1.82, 2.24) is 4.90 Å². The largest absolute Gasteiger partial charge is 0.444 e. The predicted molar refractivity (Wildman–Crippen MR) is 58.1 cm³/mol. The number of rotatable bonds is 2. The summed E-state index contributed by atoms with van der Waals surface area (Å²) in [7, 11) is 1.57. The van der Waals surface area contributed by atoms with E-state index in [2.05, 4.69) is 0 Å². The van der Waals surface area contributed by atoms with Crippen LogP contribution in [-0.4, -0.2) is 49.1 Å². The van der Waals surface area contributed by atoms with Gasteiger partial charge < -0.3 is 9.47 Å². The molecule has 0 aliphatic carbocycles. The zero-order valence-corrected chi connectivity index (χ0v) is 10.3. The molecule has 1 heterocycles. The number of hydrogen-bond acceptors (Lipinski definition) is 3. The van der Waals surface area contributed by atoms with E-state index in [0.717, 1.165) is 0 Å². The van der Waals surface area contributed by atoms with Gasteiger partial charge in [0.15, 0.2) is 0 Å². The lowest BCUT2D eigenvalue weighted by Crippen LogP contribution is -2.41. The number of carbonyl (C=O) groups excluding carboxylic acids is 1. The first-order valence-corrected chi connectivity index (χ1v) is 5.45. The third-order valence-electron chi connectivity index (χ3n) is 2.52. The van der Waals surface area contributed by atoms with Gasteiger partial charge in [0.2, 0.25) is 0 Å². The molecule has 1 amide bonds. The molecule has 94 valence electrons. The molecule has 5 heteroatoms. The van der Waals surface area contributed by atoms with Gasteiger partial charge in [-0.1, -0.05) is 0 Å². The summed E-state index contributed by atoms with van der Waals surface area (Å²) in [6.07, 6.45) is -0.0188. The van der Waals surface area contributed by atoms with E-state index in [0.29, 0.717) is 13.0 Å². The Kier molecular flexibility index (Phi) is 4.13. The van der Waals surface area contributed by atoms with Crippen molar-refractivity contribution in [3.05, 3.63) is 0 Å². The molecular formula is C11H20FNO3. The van der Waals surface area contributed by atoms with Crippen LogP contribution in [-0.2, 0) is 9.47 Å². The smallest absolute Gasteiger partial charge is 0.410 e. The summed E-state index contributed by atoms with van der Waals surface area (Å²) >= 11 is 0. The van der Waals surface area contributed by atoms with Gasteiger partial charge in [0.1, 0.15) is 12.3 Å². The first-order valence-electron chi connectivity index (χ1n) is 5.45. The zero-order chi connectivity index (χ0) is 12.3. The van der Waals surface area contributed by atoms with Gasteiger partial charge in [-0.05, 0) is 27.2 Å². The highest BCUT2D eigenvalue weighted by Crippen LogP contribution is 2.23. The van der Waals surface area contributed by atoms with Crippen LogP contribution in [0.5, 0.6) is 0 Å². The first-order chi connectivity index (χ1) is 7.37. The Labute approximate surface area is 95.7 Å². The molecule has 1 aliphatic rings. The van der Waals surface area contributed by atoms with Gasteiger partial charge in [0, 0.05) is 7.11 Å². The number of nitrogens with zero attached hydrogens (tertiary/aromatic N) is 1. The molecular weight excluding hydrogens is 213 g/mol. The molecule has 1 saturated heterocycles. The topological polar surface area (TPSA) is 38.8 Å². The highest BCUT2D eigenvalue weighted by Gasteiger charge is 2.37. The summed E-state index contributed by atoms with van der Waals surface area (Å²) in [6.45, 7) is 5.22. The van der Waals surface area contributed by atoms with E-state index in [4.69, 9.17) is 9.47 Å². The zero-order valence-electron chi connectivity index (χ0n) is 10.3. The van der Waals surface area contributed by atoms with E-state index in [-0.39, 0.29) is 6.10 Å². The first kappa shape index (κ1) is 13.2. The van der Waals surface area contributed by atoms with E-state index < -0.39 is 24.4 Å². The van der Waals surface area contributed by atoms with Gasteiger partial charge >= 0.3 is 6.09 Å². The van der Waals surface area contributed by atoms with Crippen molar-refractivity contribution in [2.75, 3.05) is 20.3 Å². The Morgan fingerprint density at radius 3 is 2.56 bits per heavy atom. The molecule has 0 spiro atoms. The summed E-state index contributed by atoms with van der Waals surface area (Å²) in [4.78, 5) is 13.2. The van der Waals surface area contributed by atoms with E-state index in [1.165, 1.54) is 4.90 Å². The number of ether oxygens (including phenoxy) is 2. The average molecular weight is 233 g/mol. The molecule has 2 atom stereocenters. The molecule has 0 aromatic rings. The van der Waals surface area contributed by atoms with E-state index >= 15 is 0 Å². The second-order valence-electron chi connectivity index (χ2n) is 5.03. The molecule has 1 fully saturated rings. The number of likely N-dealkylation sites (tertiary alicyclic amines) is 1. The number of methoxy groups -OCH3 is 1. The minimum absolute atomic E-state index is 0.0896. The van der Waals surface area contributed by atoms with Crippen molar-refractivity contribution in [3.8, 4) is 0 Å². The summed E-state index contributed by atoms with van der Waals surface area (Å²) in [5.74, 6) is 0. The Balaban J connectivity index is 2.61. The molecule has 16 heavy (non-hydrogen) atoms. The van der Waals surface area contributed by atoms with Crippen LogP contribution in [0, 0.1) is 0 Å². The number of carbonyl (C=O) groups is 1. The Morgan fingerprint density at radius 2 is 2.12 bits per heavy atom. The van der Waals surface area contributed by atoms with Crippen molar-refractivity contribution in [1.29, 1.82) is 0 Å². The number of amides is 1. The third kappa shape index (κ3) is 3.33. The fraction of sp³-hybridized carbons (Fsp3) is 0.909. The summed E-state index contributed by atoms with van der Waals surface area (Å²) in [6, 6.07) is -0.417. The molecule has 0 aromatic carbocycles. The maximum atomic E-state index is 12.7. The van der Waals surface area contributed by atoms with Crippen LogP contribution in [0.4, 0.5) is 9.18 Å². The average Bonchev–Trinajstić information content (AvgIpc) is 2.58. The van der Waals surface area contributed by atoms with Gasteiger partial charge in [0.05, 0.1) is 18.7 Å². The molecule has 0 saturated carbocycles. The molecule has 0 aromatic heterocycles. The van der Waals surface area contributed by atoms with Crippen LogP contribution in [0.25, 0.3) is 0 Å². The number of alkyl halides is 1. The lowest BCUT2D eigenvalue weighted by atomic mass is 10.2. The second-order valence-corrected chi connectivity index (χ2v) is 5.03. The molecule has 0 unspecified atom stereocenters. The third-order valence-corrected chi connectivity index (χ3v) is 2.52. The van der Waals surface area contributed by atoms with Gasteiger partial charge in [0.25, 0.3) is 0 Å². The minimum atomic E-state index is -0.556. The van der Waals surface area contributed by atoms with Gasteiger partial charge in [-0.3, -0.25) is 4.90 Å². The van der Waals surface area contributed by atoms with Gasteiger partial charge in [-0.2, -0.15) is 0 Å². The minimum Gasteiger partial charge on any atom is -0.444 e. The second kappa shape index (κ2) is 4.99. The summed E-state index contributed by atoms with van der Waals surface area (Å²) < 4.78 is 23.1.